The molecule has 1 aliphatic rings. The van der Waals surface area contributed by atoms with Gasteiger partial charge in [-0.15, -0.1) is 0 Å². The normalized spacial score (nSPS) is 19.1. The molecule has 0 saturated carbocycles. The minimum atomic E-state index is -0.151. The van der Waals surface area contributed by atoms with Crippen molar-refractivity contribution in [2.24, 2.45) is 5.92 Å². The molecule has 1 aliphatic heterocycles. The average molecular weight is 250 g/mol. The first-order valence-corrected chi connectivity index (χ1v) is 6.86. The Morgan fingerprint density at radius 3 is 2.33 bits per heavy atom. The van der Waals surface area contributed by atoms with E-state index in [1.807, 2.05) is 12.1 Å². The molecule has 3 heteroatoms. The highest BCUT2D eigenvalue weighted by Crippen LogP contribution is 2.17. The molecule has 1 aromatic carbocycles. The highest BCUT2D eigenvalue weighted by Gasteiger charge is 2.23. The summed E-state index contributed by atoms with van der Waals surface area (Å²) in [5.74, 6) is 0.468. The van der Waals surface area contributed by atoms with Crippen molar-refractivity contribution in [3.8, 4) is 0 Å². The van der Waals surface area contributed by atoms with Gasteiger partial charge in [0.25, 0.3) is 0 Å². The van der Waals surface area contributed by atoms with Crippen LogP contribution in [-0.2, 0) is 6.42 Å². The van der Waals surface area contributed by atoms with Gasteiger partial charge in [-0.05, 0) is 30.0 Å². The van der Waals surface area contributed by atoms with Crippen molar-refractivity contribution in [3.05, 3.63) is 35.6 Å². The molecule has 2 nitrogen and oxygen atoms in total. The van der Waals surface area contributed by atoms with Crippen molar-refractivity contribution in [2.75, 3.05) is 26.2 Å². The van der Waals surface area contributed by atoms with E-state index in [2.05, 4.69) is 24.1 Å². The summed E-state index contributed by atoms with van der Waals surface area (Å²) in [6.45, 7) is 8.93. The van der Waals surface area contributed by atoms with Gasteiger partial charge >= 0.3 is 0 Å². The van der Waals surface area contributed by atoms with Crippen molar-refractivity contribution >= 4 is 0 Å². The highest BCUT2D eigenvalue weighted by molar-refractivity contribution is 5.17. The van der Waals surface area contributed by atoms with Crippen LogP contribution in [0.3, 0.4) is 0 Å². The van der Waals surface area contributed by atoms with Gasteiger partial charge in [-0.2, -0.15) is 0 Å². The van der Waals surface area contributed by atoms with E-state index < -0.39 is 0 Å². The molecule has 100 valence electrons. The smallest absolute Gasteiger partial charge is 0.123 e. The molecule has 1 aromatic rings. The first-order valence-electron chi connectivity index (χ1n) is 6.86. The lowest BCUT2D eigenvalue weighted by Crippen LogP contribution is -2.50. The third-order valence-electron chi connectivity index (χ3n) is 3.75. The number of hydrogen-bond acceptors (Lipinski definition) is 2. The molecule has 1 unspecified atom stereocenters. The van der Waals surface area contributed by atoms with Crippen LogP contribution < -0.4 is 5.32 Å². The molecule has 1 heterocycles. The fraction of sp³-hybridized carbons (Fsp3) is 0.600. The molecule has 1 atom stereocenters. The lowest BCUT2D eigenvalue weighted by molar-refractivity contribution is 0.136. The van der Waals surface area contributed by atoms with E-state index in [1.165, 1.54) is 5.56 Å². The second-order valence-corrected chi connectivity index (χ2v) is 5.43. The van der Waals surface area contributed by atoms with E-state index in [9.17, 15) is 4.39 Å². The monoisotopic (exact) mass is 250 g/mol. The summed E-state index contributed by atoms with van der Waals surface area (Å²) in [6.07, 6.45) is 1.01. The fourth-order valence-corrected chi connectivity index (χ4v) is 2.66. The summed E-state index contributed by atoms with van der Waals surface area (Å²) in [7, 11) is 0. The molecular weight excluding hydrogens is 227 g/mol. The van der Waals surface area contributed by atoms with E-state index in [0.717, 1.165) is 32.6 Å². The maximum atomic E-state index is 12.9. The van der Waals surface area contributed by atoms with Crippen molar-refractivity contribution in [1.82, 2.24) is 10.2 Å². The van der Waals surface area contributed by atoms with E-state index in [-0.39, 0.29) is 5.82 Å². The van der Waals surface area contributed by atoms with Crippen LogP contribution in [0, 0.1) is 11.7 Å². The van der Waals surface area contributed by atoms with Gasteiger partial charge in [0.2, 0.25) is 0 Å². The van der Waals surface area contributed by atoms with Gasteiger partial charge in [0, 0.05) is 32.2 Å². The lowest BCUT2D eigenvalue weighted by Gasteiger charge is -2.37. The van der Waals surface area contributed by atoms with Crippen LogP contribution >= 0.6 is 0 Å². The Labute approximate surface area is 109 Å². The zero-order valence-corrected chi connectivity index (χ0v) is 11.3. The van der Waals surface area contributed by atoms with Crippen LogP contribution in [0.15, 0.2) is 24.3 Å². The van der Waals surface area contributed by atoms with Crippen molar-refractivity contribution in [1.29, 1.82) is 0 Å². The Morgan fingerprint density at radius 2 is 1.78 bits per heavy atom. The number of hydrogen-bond donors (Lipinski definition) is 1. The fourth-order valence-electron chi connectivity index (χ4n) is 2.66. The lowest BCUT2D eigenvalue weighted by atomic mass is 9.94. The predicted molar refractivity (Wildman–Crippen MR) is 73.2 cm³/mol. The summed E-state index contributed by atoms with van der Waals surface area (Å²) in [6, 6.07) is 7.49. The van der Waals surface area contributed by atoms with Gasteiger partial charge in [0.15, 0.2) is 0 Å². The second-order valence-electron chi connectivity index (χ2n) is 5.43. The van der Waals surface area contributed by atoms with Crippen molar-refractivity contribution in [2.45, 2.75) is 26.3 Å². The van der Waals surface area contributed by atoms with E-state index in [0.29, 0.717) is 12.0 Å². The van der Waals surface area contributed by atoms with Gasteiger partial charge < -0.3 is 5.32 Å². The average Bonchev–Trinajstić information content (AvgIpc) is 2.38. The number of nitrogens with zero attached hydrogens (tertiary/aromatic N) is 1. The van der Waals surface area contributed by atoms with Gasteiger partial charge in [-0.1, -0.05) is 26.0 Å². The molecule has 0 aromatic heterocycles. The number of benzene rings is 1. The van der Waals surface area contributed by atoms with Crippen LogP contribution in [-0.4, -0.2) is 37.1 Å². The van der Waals surface area contributed by atoms with E-state index >= 15 is 0 Å². The Kier molecular flexibility index (Phi) is 4.72. The standard InChI is InChI=1S/C15H23FN2/c1-12(2)15(18-9-7-17-8-10-18)11-13-3-5-14(16)6-4-13/h3-6,12,15,17H,7-11H2,1-2H3. The molecule has 0 radical (unpaired) electrons. The molecule has 2 rings (SSSR count). The third-order valence-corrected chi connectivity index (χ3v) is 3.75. The Hall–Kier alpha value is -0.930. The van der Waals surface area contributed by atoms with E-state index in [1.54, 1.807) is 12.1 Å². The van der Waals surface area contributed by atoms with Crippen LogP contribution in [0.1, 0.15) is 19.4 Å². The number of piperazine rings is 1. The maximum absolute atomic E-state index is 12.9. The largest absolute Gasteiger partial charge is 0.314 e. The molecule has 1 N–H and O–H groups in total. The Morgan fingerprint density at radius 1 is 1.17 bits per heavy atom. The third kappa shape index (κ3) is 3.53. The summed E-state index contributed by atoms with van der Waals surface area (Å²) >= 11 is 0. The topological polar surface area (TPSA) is 15.3 Å². The summed E-state index contributed by atoms with van der Waals surface area (Å²) < 4.78 is 12.9. The van der Waals surface area contributed by atoms with Crippen LogP contribution in [0.5, 0.6) is 0 Å². The Bertz CT molecular complexity index is 355. The quantitative estimate of drug-likeness (QED) is 0.882. The molecule has 0 amide bonds. The predicted octanol–water partition coefficient (Wildman–Crippen LogP) is 2.30. The molecule has 1 saturated heterocycles. The maximum Gasteiger partial charge on any atom is 0.123 e. The zero-order valence-electron chi connectivity index (χ0n) is 11.3. The molecule has 1 fully saturated rings. The molecule has 18 heavy (non-hydrogen) atoms. The molecular formula is C15H23FN2. The summed E-state index contributed by atoms with van der Waals surface area (Å²) in [5.41, 5.74) is 1.23. The SMILES string of the molecule is CC(C)C(Cc1ccc(F)cc1)N1CCNCC1. The highest BCUT2D eigenvalue weighted by atomic mass is 19.1. The van der Waals surface area contributed by atoms with Gasteiger partial charge in [0.05, 0.1) is 0 Å². The van der Waals surface area contributed by atoms with Gasteiger partial charge in [-0.25, -0.2) is 4.39 Å². The van der Waals surface area contributed by atoms with Crippen LogP contribution in [0.4, 0.5) is 4.39 Å². The van der Waals surface area contributed by atoms with E-state index in [4.69, 9.17) is 0 Å². The van der Waals surface area contributed by atoms with Gasteiger partial charge in [-0.3, -0.25) is 4.90 Å². The van der Waals surface area contributed by atoms with Crippen molar-refractivity contribution < 1.29 is 4.39 Å². The molecule has 0 bridgehead atoms. The summed E-state index contributed by atoms with van der Waals surface area (Å²) in [4.78, 5) is 2.56. The Balaban J connectivity index is 2.03. The second kappa shape index (κ2) is 6.30. The van der Waals surface area contributed by atoms with Crippen LogP contribution in [0.25, 0.3) is 0 Å². The first-order chi connectivity index (χ1) is 8.66. The minimum absolute atomic E-state index is 0.151. The van der Waals surface area contributed by atoms with Crippen LogP contribution in [0.2, 0.25) is 0 Å². The molecule has 0 spiro atoms. The number of rotatable bonds is 4. The minimum Gasteiger partial charge on any atom is -0.314 e. The van der Waals surface area contributed by atoms with Gasteiger partial charge in [0.1, 0.15) is 5.82 Å². The summed E-state index contributed by atoms with van der Waals surface area (Å²) in [5, 5.41) is 3.39. The first kappa shape index (κ1) is 13.5. The number of halogens is 1. The molecule has 0 aliphatic carbocycles. The zero-order chi connectivity index (χ0) is 13.0. The van der Waals surface area contributed by atoms with Crippen molar-refractivity contribution in [3.63, 3.8) is 0 Å². The number of nitrogens with one attached hydrogen (secondary N) is 1.